The number of carbonyl (C=O) groups is 1. The molecule has 0 unspecified atom stereocenters. The van der Waals surface area contributed by atoms with E-state index in [1.165, 1.54) is 6.07 Å². The summed E-state index contributed by atoms with van der Waals surface area (Å²) in [5.74, 6) is -0.546. The average Bonchev–Trinajstić information content (AvgIpc) is 2.96. The van der Waals surface area contributed by atoms with Crippen LogP contribution in [0.2, 0.25) is 5.02 Å². The van der Waals surface area contributed by atoms with E-state index in [0.29, 0.717) is 5.52 Å². The van der Waals surface area contributed by atoms with Crippen molar-refractivity contribution in [2.24, 2.45) is 0 Å². The van der Waals surface area contributed by atoms with Crippen molar-refractivity contribution in [3.05, 3.63) is 58.7 Å². The van der Waals surface area contributed by atoms with E-state index < -0.39 is 22.7 Å². The Labute approximate surface area is 133 Å². The van der Waals surface area contributed by atoms with Gasteiger partial charge in [0.2, 0.25) is 0 Å². The van der Waals surface area contributed by atoms with Crippen LogP contribution >= 0.6 is 11.6 Å². The second-order valence-corrected chi connectivity index (χ2v) is 5.19. The number of amides is 1. The minimum atomic E-state index is -4.60. The zero-order chi connectivity index (χ0) is 16.6. The molecule has 0 saturated heterocycles. The van der Waals surface area contributed by atoms with Gasteiger partial charge in [-0.3, -0.25) is 9.89 Å². The molecule has 0 fully saturated rings. The number of para-hydroxylation sites is 1. The molecule has 0 atom stereocenters. The lowest BCUT2D eigenvalue weighted by Gasteiger charge is -2.12. The highest BCUT2D eigenvalue weighted by Crippen LogP contribution is 2.36. The van der Waals surface area contributed by atoms with E-state index in [4.69, 9.17) is 11.6 Å². The third-order valence-corrected chi connectivity index (χ3v) is 3.58. The number of halogens is 4. The summed E-state index contributed by atoms with van der Waals surface area (Å²) in [6, 6.07) is 8.18. The molecule has 1 amide bonds. The first kappa shape index (κ1) is 15.4. The van der Waals surface area contributed by atoms with Crippen molar-refractivity contribution in [2.75, 3.05) is 5.32 Å². The van der Waals surface area contributed by atoms with Gasteiger partial charge in [0.25, 0.3) is 5.91 Å². The summed E-state index contributed by atoms with van der Waals surface area (Å²) >= 11 is 5.55. The van der Waals surface area contributed by atoms with E-state index in [9.17, 15) is 18.0 Å². The van der Waals surface area contributed by atoms with Crippen LogP contribution in [0.5, 0.6) is 0 Å². The summed E-state index contributed by atoms with van der Waals surface area (Å²) in [6.07, 6.45) is -3.04. The first-order chi connectivity index (χ1) is 10.9. The highest BCUT2D eigenvalue weighted by atomic mass is 35.5. The molecule has 0 aliphatic carbocycles. The van der Waals surface area contributed by atoms with Crippen LogP contribution in [0, 0.1) is 0 Å². The molecule has 1 aromatic heterocycles. The van der Waals surface area contributed by atoms with Gasteiger partial charge in [-0.1, -0.05) is 23.7 Å². The van der Waals surface area contributed by atoms with E-state index in [0.717, 1.165) is 17.5 Å². The summed E-state index contributed by atoms with van der Waals surface area (Å²) in [5.41, 5.74) is -0.210. The fourth-order valence-corrected chi connectivity index (χ4v) is 2.40. The van der Waals surface area contributed by atoms with Gasteiger partial charge < -0.3 is 5.32 Å². The molecule has 118 valence electrons. The van der Waals surface area contributed by atoms with Gasteiger partial charge in [0.15, 0.2) is 0 Å². The quantitative estimate of drug-likeness (QED) is 0.723. The van der Waals surface area contributed by atoms with Crippen molar-refractivity contribution in [1.29, 1.82) is 0 Å². The Hall–Kier alpha value is -2.54. The average molecular weight is 340 g/mol. The topological polar surface area (TPSA) is 57.8 Å². The number of alkyl halides is 3. The third-order valence-electron chi connectivity index (χ3n) is 3.25. The fraction of sp³-hybridized carbons (Fsp3) is 0.0667. The van der Waals surface area contributed by atoms with Crippen molar-refractivity contribution in [3.8, 4) is 0 Å². The minimum absolute atomic E-state index is 0.00300. The monoisotopic (exact) mass is 339 g/mol. The van der Waals surface area contributed by atoms with Crippen molar-refractivity contribution < 1.29 is 18.0 Å². The van der Waals surface area contributed by atoms with Gasteiger partial charge in [0.1, 0.15) is 0 Å². The molecule has 0 aliphatic heterocycles. The highest BCUT2D eigenvalue weighted by molar-refractivity contribution is 6.31. The van der Waals surface area contributed by atoms with Gasteiger partial charge in [-0.05, 0) is 24.3 Å². The molecule has 8 heteroatoms. The highest BCUT2D eigenvalue weighted by Gasteiger charge is 2.33. The van der Waals surface area contributed by atoms with Crippen LogP contribution in [0.15, 0.2) is 42.6 Å². The molecular weight excluding hydrogens is 331 g/mol. The molecule has 2 aromatic carbocycles. The zero-order valence-electron chi connectivity index (χ0n) is 11.4. The first-order valence-corrected chi connectivity index (χ1v) is 6.84. The van der Waals surface area contributed by atoms with E-state index in [2.05, 4.69) is 15.5 Å². The number of aromatic nitrogens is 2. The maximum atomic E-state index is 12.8. The summed E-state index contributed by atoms with van der Waals surface area (Å²) in [4.78, 5) is 12.3. The molecule has 0 saturated carbocycles. The van der Waals surface area contributed by atoms with Crippen molar-refractivity contribution >= 4 is 34.1 Å². The van der Waals surface area contributed by atoms with Crippen LogP contribution in [-0.2, 0) is 6.18 Å². The van der Waals surface area contributed by atoms with Crippen molar-refractivity contribution in [1.82, 2.24) is 10.2 Å². The summed E-state index contributed by atoms with van der Waals surface area (Å²) in [6.45, 7) is 0. The molecule has 0 radical (unpaired) electrons. The van der Waals surface area contributed by atoms with Crippen LogP contribution in [0.25, 0.3) is 10.9 Å². The van der Waals surface area contributed by atoms with Gasteiger partial charge in [-0.15, -0.1) is 0 Å². The number of benzene rings is 2. The Bertz CT molecular complexity index is 889. The lowest BCUT2D eigenvalue weighted by molar-refractivity contribution is -0.137. The largest absolute Gasteiger partial charge is 0.417 e. The number of hydrogen-bond acceptors (Lipinski definition) is 2. The van der Waals surface area contributed by atoms with Crippen LogP contribution in [0.1, 0.15) is 15.9 Å². The second kappa shape index (κ2) is 5.58. The Morgan fingerprint density at radius 3 is 2.74 bits per heavy atom. The SMILES string of the molecule is O=C(Nc1ccc(Cl)c(C(F)(F)F)c1)c1cccc2cn[nH]c12. The Balaban J connectivity index is 1.93. The molecule has 0 spiro atoms. The van der Waals surface area contributed by atoms with Crippen LogP contribution in [0.4, 0.5) is 18.9 Å². The van der Waals surface area contributed by atoms with E-state index in [1.54, 1.807) is 24.4 Å². The number of anilines is 1. The number of fused-ring (bicyclic) bond motifs is 1. The molecular formula is C15H9ClF3N3O. The molecule has 2 N–H and O–H groups in total. The minimum Gasteiger partial charge on any atom is -0.322 e. The van der Waals surface area contributed by atoms with Crippen LogP contribution in [0.3, 0.4) is 0 Å². The fourth-order valence-electron chi connectivity index (χ4n) is 2.18. The second-order valence-electron chi connectivity index (χ2n) is 4.79. The Morgan fingerprint density at radius 2 is 2.00 bits per heavy atom. The first-order valence-electron chi connectivity index (χ1n) is 6.46. The number of hydrogen-bond donors (Lipinski definition) is 2. The van der Waals surface area contributed by atoms with Crippen molar-refractivity contribution in [2.45, 2.75) is 6.18 Å². The van der Waals surface area contributed by atoms with Gasteiger partial charge in [-0.2, -0.15) is 18.3 Å². The van der Waals surface area contributed by atoms with E-state index in [1.807, 2.05) is 0 Å². The smallest absolute Gasteiger partial charge is 0.322 e. The number of rotatable bonds is 2. The van der Waals surface area contributed by atoms with Gasteiger partial charge in [0.05, 0.1) is 27.9 Å². The number of aromatic amines is 1. The molecule has 23 heavy (non-hydrogen) atoms. The number of nitrogens with zero attached hydrogens (tertiary/aromatic N) is 1. The zero-order valence-corrected chi connectivity index (χ0v) is 12.2. The molecule has 0 bridgehead atoms. The Morgan fingerprint density at radius 1 is 1.22 bits per heavy atom. The lowest BCUT2D eigenvalue weighted by Crippen LogP contribution is -2.14. The van der Waals surface area contributed by atoms with Crippen molar-refractivity contribution in [3.63, 3.8) is 0 Å². The third kappa shape index (κ3) is 3.00. The van der Waals surface area contributed by atoms with Gasteiger partial charge >= 0.3 is 6.18 Å². The number of nitrogens with one attached hydrogen (secondary N) is 2. The van der Waals surface area contributed by atoms with Gasteiger partial charge in [0, 0.05) is 11.1 Å². The van der Waals surface area contributed by atoms with Crippen LogP contribution in [-0.4, -0.2) is 16.1 Å². The predicted octanol–water partition coefficient (Wildman–Crippen LogP) is 4.49. The lowest BCUT2D eigenvalue weighted by atomic mass is 10.1. The standard InChI is InChI=1S/C15H9ClF3N3O/c16-12-5-4-9(6-11(12)15(17,18)19)21-14(23)10-3-1-2-8-7-20-22-13(8)10/h1-7H,(H,20,22)(H,21,23). The summed E-state index contributed by atoms with van der Waals surface area (Å²) < 4.78 is 38.5. The molecule has 3 aromatic rings. The maximum Gasteiger partial charge on any atom is 0.417 e. The van der Waals surface area contributed by atoms with E-state index in [-0.39, 0.29) is 11.3 Å². The normalized spacial score (nSPS) is 11.7. The summed E-state index contributed by atoms with van der Waals surface area (Å²) in [7, 11) is 0. The molecule has 1 heterocycles. The van der Waals surface area contributed by atoms with Crippen LogP contribution < -0.4 is 5.32 Å². The van der Waals surface area contributed by atoms with E-state index >= 15 is 0 Å². The summed E-state index contributed by atoms with van der Waals surface area (Å²) in [5, 5.41) is 9.26. The molecule has 3 rings (SSSR count). The number of H-pyrrole nitrogens is 1. The predicted molar refractivity (Wildman–Crippen MR) is 80.5 cm³/mol. The Kier molecular flexibility index (Phi) is 3.73. The maximum absolute atomic E-state index is 12.8. The molecule has 0 aliphatic rings. The number of carbonyl (C=O) groups excluding carboxylic acids is 1. The van der Waals surface area contributed by atoms with Gasteiger partial charge in [-0.25, -0.2) is 0 Å². The molecule has 4 nitrogen and oxygen atoms in total.